The quantitative estimate of drug-likeness (QED) is 0.754. The summed E-state index contributed by atoms with van der Waals surface area (Å²) in [4.78, 5) is 0. The smallest absolute Gasteiger partial charge is 0.148 e. The molecule has 1 saturated heterocycles. The third kappa shape index (κ3) is 5.54. The van der Waals surface area contributed by atoms with Crippen molar-refractivity contribution in [2.75, 3.05) is 30.9 Å². The Hall–Kier alpha value is 0.260. The Bertz CT molecular complexity index is 233. The number of piperidine rings is 1. The molecule has 0 unspecified atom stereocenters. The van der Waals surface area contributed by atoms with Gasteiger partial charge in [0, 0.05) is 17.3 Å². The van der Waals surface area contributed by atoms with Gasteiger partial charge in [-0.2, -0.15) is 11.8 Å². The fraction of sp³-hybridized carbons (Fsp3) is 1.00. The molecule has 0 spiro atoms. The van der Waals surface area contributed by atoms with E-state index < -0.39 is 9.84 Å². The standard InChI is InChI=1S/C8H17NO2S2/c1-13(10,11)7-6-12-8-2-4-9-5-3-8/h8-9H,2-7H2,1H3. The fourth-order valence-electron chi connectivity index (χ4n) is 1.33. The second-order valence-electron chi connectivity index (χ2n) is 3.45. The third-order valence-electron chi connectivity index (χ3n) is 2.09. The largest absolute Gasteiger partial charge is 0.317 e. The monoisotopic (exact) mass is 223 g/mol. The van der Waals surface area contributed by atoms with E-state index in [9.17, 15) is 8.42 Å². The summed E-state index contributed by atoms with van der Waals surface area (Å²) in [5.74, 6) is 1.07. The zero-order chi connectivity index (χ0) is 9.73. The molecule has 5 heteroatoms. The minimum atomic E-state index is -2.76. The molecule has 78 valence electrons. The summed E-state index contributed by atoms with van der Waals surface area (Å²) in [6.45, 7) is 2.16. The summed E-state index contributed by atoms with van der Waals surface area (Å²) in [5.41, 5.74) is 0. The van der Waals surface area contributed by atoms with Gasteiger partial charge >= 0.3 is 0 Å². The molecular formula is C8H17NO2S2. The summed E-state index contributed by atoms with van der Waals surface area (Å²) >= 11 is 1.81. The molecule has 0 amide bonds. The first-order valence-electron chi connectivity index (χ1n) is 4.58. The van der Waals surface area contributed by atoms with Crippen LogP contribution in [0.4, 0.5) is 0 Å². The molecule has 1 heterocycles. The van der Waals surface area contributed by atoms with Crippen LogP contribution in [0.5, 0.6) is 0 Å². The Morgan fingerprint density at radius 3 is 2.54 bits per heavy atom. The van der Waals surface area contributed by atoms with Gasteiger partial charge in [-0.15, -0.1) is 0 Å². The van der Waals surface area contributed by atoms with Crippen molar-refractivity contribution in [3.8, 4) is 0 Å². The third-order valence-corrected chi connectivity index (χ3v) is 4.68. The van der Waals surface area contributed by atoms with Gasteiger partial charge in [-0.3, -0.25) is 0 Å². The van der Waals surface area contributed by atoms with Crippen LogP contribution in [0, 0.1) is 0 Å². The van der Waals surface area contributed by atoms with E-state index in [0.717, 1.165) is 18.8 Å². The van der Waals surface area contributed by atoms with Crippen LogP contribution >= 0.6 is 11.8 Å². The number of rotatable bonds is 4. The maximum atomic E-state index is 10.8. The number of hydrogen-bond donors (Lipinski definition) is 1. The number of thioether (sulfide) groups is 1. The summed E-state index contributed by atoms with van der Waals surface area (Å²) in [7, 11) is -2.76. The molecular weight excluding hydrogens is 206 g/mol. The Kier molecular flexibility index (Phi) is 4.55. The maximum Gasteiger partial charge on any atom is 0.148 e. The Morgan fingerprint density at radius 2 is 2.00 bits per heavy atom. The lowest BCUT2D eigenvalue weighted by molar-refractivity contribution is 0.531. The first kappa shape index (κ1) is 11.3. The average molecular weight is 223 g/mol. The molecule has 0 atom stereocenters. The van der Waals surface area contributed by atoms with Crippen LogP contribution in [-0.4, -0.2) is 44.5 Å². The van der Waals surface area contributed by atoms with Crippen molar-refractivity contribution in [2.24, 2.45) is 0 Å². The lowest BCUT2D eigenvalue weighted by Gasteiger charge is -2.21. The average Bonchev–Trinajstić information content (AvgIpc) is 2.04. The lowest BCUT2D eigenvalue weighted by Crippen LogP contribution is -2.29. The van der Waals surface area contributed by atoms with Gasteiger partial charge in [-0.25, -0.2) is 8.42 Å². The highest BCUT2D eigenvalue weighted by atomic mass is 32.2. The van der Waals surface area contributed by atoms with E-state index in [4.69, 9.17) is 0 Å². The molecule has 0 aromatic heterocycles. The highest BCUT2D eigenvalue weighted by Crippen LogP contribution is 2.19. The van der Waals surface area contributed by atoms with Crippen molar-refractivity contribution in [1.29, 1.82) is 0 Å². The van der Waals surface area contributed by atoms with E-state index in [2.05, 4.69) is 5.32 Å². The molecule has 1 rings (SSSR count). The van der Waals surface area contributed by atoms with Gasteiger partial charge in [-0.1, -0.05) is 0 Å². The SMILES string of the molecule is CS(=O)(=O)CCSC1CCNCC1. The van der Waals surface area contributed by atoms with E-state index in [0.29, 0.717) is 11.0 Å². The summed E-state index contributed by atoms with van der Waals surface area (Å²) < 4.78 is 21.7. The number of nitrogens with one attached hydrogen (secondary N) is 1. The molecule has 0 saturated carbocycles. The second kappa shape index (κ2) is 5.22. The van der Waals surface area contributed by atoms with E-state index in [1.54, 1.807) is 11.8 Å². The van der Waals surface area contributed by atoms with Crippen LogP contribution in [0.3, 0.4) is 0 Å². The van der Waals surface area contributed by atoms with Crippen molar-refractivity contribution in [3.05, 3.63) is 0 Å². The minimum absolute atomic E-state index is 0.321. The molecule has 0 aromatic carbocycles. The molecule has 0 bridgehead atoms. The molecule has 1 N–H and O–H groups in total. The normalized spacial score (nSPS) is 20.4. The van der Waals surface area contributed by atoms with Crippen molar-refractivity contribution < 1.29 is 8.42 Å². The first-order valence-corrected chi connectivity index (χ1v) is 7.69. The molecule has 13 heavy (non-hydrogen) atoms. The lowest BCUT2D eigenvalue weighted by atomic mass is 10.2. The zero-order valence-electron chi connectivity index (χ0n) is 7.95. The summed E-state index contributed by atoms with van der Waals surface area (Å²) in [6, 6.07) is 0. The maximum absolute atomic E-state index is 10.8. The van der Waals surface area contributed by atoms with Gasteiger partial charge in [-0.05, 0) is 25.9 Å². The van der Waals surface area contributed by atoms with E-state index in [-0.39, 0.29) is 0 Å². The molecule has 0 radical (unpaired) electrons. The van der Waals surface area contributed by atoms with Gasteiger partial charge < -0.3 is 5.32 Å². The van der Waals surface area contributed by atoms with E-state index in [1.165, 1.54) is 19.1 Å². The van der Waals surface area contributed by atoms with Crippen LogP contribution in [0.15, 0.2) is 0 Å². The molecule has 1 fully saturated rings. The topological polar surface area (TPSA) is 46.2 Å². The summed E-state index contributed by atoms with van der Waals surface area (Å²) in [6.07, 6.45) is 3.65. The van der Waals surface area contributed by atoms with Gasteiger partial charge in [0.15, 0.2) is 0 Å². The number of sulfone groups is 1. The van der Waals surface area contributed by atoms with E-state index in [1.807, 2.05) is 0 Å². The van der Waals surface area contributed by atoms with Crippen LogP contribution in [0.1, 0.15) is 12.8 Å². The predicted molar refractivity (Wildman–Crippen MR) is 58.1 cm³/mol. The van der Waals surface area contributed by atoms with Gasteiger partial charge in [0.1, 0.15) is 9.84 Å². The van der Waals surface area contributed by atoms with E-state index >= 15 is 0 Å². The minimum Gasteiger partial charge on any atom is -0.317 e. The second-order valence-corrected chi connectivity index (χ2v) is 7.12. The Morgan fingerprint density at radius 1 is 1.38 bits per heavy atom. The highest BCUT2D eigenvalue weighted by Gasteiger charge is 2.13. The van der Waals surface area contributed by atoms with Crippen LogP contribution in [-0.2, 0) is 9.84 Å². The molecule has 0 aliphatic carbocycles. The van der Waals surface area contributed by atoms with Crippen LogP contribution in [0.2, 0.25) is 0 Å². The van der Waals surface area contributed by atoms with Crippen molar-refractivity contribution in [3.63, 3.8) is 0 Å². The zero-order valence-corrected chi connectivity index (χ0v) is 9.59. The van der Waals surface area contributed by atoms with Gasteiger partial charge in [0.05, 0.1) is 5.75 Å². The Labute approximate surface area is 84.6 Å². The van der Waals surface area contributed by atoms with Crippen molar-refractivity contribution >= 4 is 21.6 Å². The molecule has 1 aliphatic rings. The summed E-state index contributed by atoms with van der Waals surface area (Å²) in [5, 5.41) is 3.96. The van der Waals surface area contributed by atoms with Crippen LogP contribution in [0.25, 0.3) is 0 Å². The van der Waals surface area contributed by atoms with Crippen molar-refractivity contribution in [2.45, 2.75) is 18.1 Å². The van der Waals surface area contributed by atoms with Gasteiger partial charge in [0.2, 0.25) is 0 Å². The first-order chi connectivity index (χ1) is 6.08. The number of hydrogen-bond acceptors (Lipinski definition) is 4. The highest BCUT2D eigenvalue weighted by molar-refractivity contribution is 8.01. The van der Waals surface area contributed by atoms with Gasteiger partial charge in [0.25, 0.3) is 0 Å². The molecule has 1 aliphatic heterocycles. The fourth-order valence-corrected chi connectivity index (χ4v) is 3.83. The van der Waals surface area contributed by atoms with Crippen molar-refractivity contribution in [1.82, 2.24) is 5.32 Å². The Balaban J connectivity index is 2.11. The molecule has 3 nitrogen and oxygen atoms in total. The predicted octanol–water partition coefficient (Wildman–Crippen LogP) is 0.516. The van der Waals surface area contributed by atoms with Crippen LogP contribution < -0.4 is 5.32 Å². The molecule has 0 aromatic rings.